The Kier molecular flexibility index (Phi) is 4.50. The average molecular weight is 350 g/mol. The Hall–Kier alpha value is -2.11. The first-order valence-corrected chi connectivity index (χ1v) is 7.78. The first-order chi connectivity index (χ1) is 11.1. The summed E-state index contributed by atoms with van der Waals surface area (Å²) in [5.74, 6) is -0.427. The van der Waals surface area contributed by atoms with Crippen molar-refractivity contribution in [2.24, 2.45) is 0 Å². The molecule has 3 rings (SSSR count). The Labute approximate surface area is 142 Å². The van der Waals surface area contributed by atoms with Crippen LogP contribution in [0.4, 0.5) is 0 Å². The maximum absolute atomic E-state index is 12.2. The first kappa shape index (κ1) is 15.8. The molecule has 0 amide bonds. The van der Waals surface area contributed by atoms with Crippen molar-refractivity contribution in [2.75, 3.05) is 0 Å². The molecule has 7 heteroatoms. The topological polar surface area (TPSA) is 57.0 Å². The van der Waals surface area contributed by atoms with Crippen molar-refractivity contribution in [3.63, 3.8) is 0 Å². The van der Waals surface area contributed by atoms with Crippen molar-refractivity contribution in [1.29, 1.82) is 0 Å². The maximum atomic E-state index is 12.2. The number of aromatic nitrogens is 3. The number of ether oxygens (including phenoxy) is 1. The minimum absolute atomic E-state index is 0.120. The summed E-state index contributed by atoms with van der Waals surface area (Å²) >= 11 is 11.8. The molecule has 0 unspecified atom stereocenters. The third kappa shape index (κ3) is 3.30. The molecule has 0 aliphatic rings. The van der Waals surface area contributed by atoms with E-state index in [-0.39, 0.29) is 6.61 Å². The van der Waals surface area contributed by atoms with Crippen molar-refractivity contribution in [2.45, 2.75) is 20.1 Å². The zero-order valence-corrected chi connectivity index (χ0v) is 13.8. The fraction of sp³-hybridized carbons (Fsp3) is 0.188. The van der Waals surface area contributed by atoms with E-state index in [1.165, 1.54) is 0 Å². The van der Waals surface area contributed by atoms with E-state index in [4.69, 9.17) is 27.9 Å². The summed E-state index contributed by atoms with van der Waals surface area (Å²) < 4.78 is 7.06. The van der Waals surface area contributed by atoms with Gasteiger partial charge in [0.15, 0.2) is 0 Å². The third-order valence-corrected chi connectivity index (χ3v) is 4.14. The van der Waals surface area contributed by atoms with Gasteiger partial charge in [-0.3, -0.25) is 0 Å². The fourth-order valence-corrected chi connectivity index (χ4v) is 2.52. The van der Waals surface area contributed by atoms with E-state index in [2.05, 4.69) is 10.3 Å². The van der Waals surface area contributed by atoms with Crippen LogP contribution in [0.15, 0.2) is 36.4 Å². The van der Waals surface area contributed by atoms with E-state index in [1.54, 1.807) is 35.0 Å². The molecule has 0 aliphatic heterocycles. The first-order valence-electron chi connectivity index (χ1n) is 7.03. The molecule has 1 heterocycles. The lowest BCUT2D eigenvalue weighted by atomic mass is 10.2. The van der Waals surface area contributed by atoms with Crippen molar-refractivity contribution in [3.8, 4) is 0 Å². The van der Waals surface area contributed by atoms with Crippen molar-refractivity contribution in [1.82, 2.24) is 15.0 Å². The van der Waals surface area contributed by atoms with Gasteiger partial charge in [-0.05, 0) is 42.8 Å². The molecular formula is C16H13Cl2N3O2. The van der Waals surface area contributed by atoms with Gasteiger partial charge < -0.3 is 4.74 Å². The molecule has 0 saturated carbocycles. The minimum Gasteiger partial charge on any atom is -0.457 e. The monoisotopic (exact) mass is 349 g/mol. The largest absolute Gasteiger partial charge is 0.457 e. The highest BCUT2D eigenvalue weighted by Gasteiger charge is 2.11. The van der Waals surface area contributed by atoms with Crippen molar-refractivity contribution < 1.29 is 9.53 Å². The van der Waals surface area contributed by atoms with Crippen LogP contribution >= 0.6 is 23.2 Å². The SMILES string of the molecule is CCn1nnc2cc(C(=O)OCc3ccc(Cl)c(Cl)c3)ccc21. The zero-order chi connectivity index (χ0) is 16.4. The number of carbonyl (C=O) groups excluding carboxylic acids is 1. The minimum atomic E-state index is -0.427. The highest BCUT2D eigenvalue weighted by molar-refractivity contribution is 6.42. The summed E-state index contributed by atoms with van der Waals surface area (Å²) in [6, 6.07) is 10.3. The Balaban J connectivity index is 1.73. The highest BCUT2D eigenvalue weighted by Crippen LogP contribution is 2.23. The number of hydrogen-bond donors (Lipinski definition) is 0. The molecule has 0 spiro atoms. The standard InChI is InChI=1S/C16H13Cl2N3O2/c1-2-21-15-6-4-11(8-14(15)19-20-21)16(22)23-9-10-3-5-12(17)13(18)7-10/h3-8H,2,9H2,1H3. The van der Waals surface area contributed by atoms with Crippen LogP contribution in [-0.4, -0.2) is 21.0 Å². The van der Waals surface area contributed by atoms with E-state index >= 15 is 0 Å². The number of hydrogen-bond acceptors (Lipinski definition) is 4. The Bertz CT molecular complexity index is 877. The normalized spacial score (nSPS) is 10.9. The van der Waals surface area contributed by atoms with Crippen LogP contribution in [0.5, 0.6) is 0 Å². The van der Waals surface area contributed by atoms with E-state index in [9.17, 15) is 4.79 Å². The number of esters is 1. The summed E-state index contributed by atoms with van der Waals surface area (Å²) in [4.78, 5) is 12.2. The molecule has 0 aliphatic carbocycles. The number of benzene rings is 2. The molecule has 118 valence electrons. The lowest BCUT2D eigenvalue weighted by molar-refractivity contribution is 0.0473. The van der Waals surface area contributed by atoms with E-state index in [0.29, 0.717) is 21.1 Å². The second kappa shape index (κ2) is 6.56. The van der Waals surface area contributed by atoms with Gasteiger partial charge in [-0.25, -0.2) is 9.48 Å². The lowest BCUT2D eigenvalue weighted by Crippen LogP contribution is -2.05. The van der Waals surface area contributed by atoms with Gasteiger partial charge in [0.1, 0.15) is 12.1 Å². The predicted molar refractivity (Wildman–Crippen MR) is 88.8 cm³/mol. The Morgan fingerprint density at radius 1 is 1.17 bits per heavy atom. The molecule has 3 aromatic rings. The van der Waals surface area contributed by atoms with Gasteiger partial charge in [0.2, 0.25) is 0 Å². The smallest absolute Gasteiger partial charge is 0.338 e. The average Bonchev–Trinajstić information content (AvgIpc) is 2.97. The number of halogens is 2. The van der Waals surface area contributed by atoms with Crippen LogP contribution in [-0.2, 0) is 17.9 Å². The molecule has 5 nitrogen and oxygen atoms in total. The van der Waals surface area contributed by atoms with Gasteiger partial charge in [0.25, 0.3) is 0 Å². The number of nitrogens with zero attached hydrogens (tertiary/aromatic N) is 3. The quantitative estimate of drug-likeness (QED) is 0.665. The lowest BCUT2D eigenvalue weighted by Gasteiger charge is -2.06. The van der Waals surface area contributed by atoms with Crippen LogP contribution in [0.25, 0.3) is 11.0 Å². The molecule has 1 aromatic heterocycles. The van der Waals surface area contributed by atoms with Crippen LogP contribution in [0, 0.1) is 0 Å². The summed E-state index contributed by atoms with van der Waals surface area (Å²) in [7, 11) is 0. The molecule has 0 atom stereocenters. The fourth-order valence-electron chi connectivity index (χ4n) is 2.19. The van der Waals surface area contributed by atoms with Crippen LogP contribution < -0.4 is 0 Å². The zero-order valence-electron chi connectivity index (χ0n) is 12.3. The summed E-state index contributed by atoms with van der Waals surface area (Å²) in [5, 5.41) is 8.95. The van der Waals surface area contributed by atoms with E-state index in [0.717, 1.165) is 17.6 Å². The molecule has 0 fully saturated rings. The summed E-state index contributed by atoms with van der Waals surface area (Å²) in [5.41, 5.74) is 2.75. The van der Waals surface area contributed by atoms with Crippen molar-refractivity contribution in [3.05, 3.63) is 57.6 Å². The molecule has 2 aromatic carbocycles. The van der Waals surface area contributed by atoms with E-state index < -0.39 is 5.97 Å². The second-order valence-electron chi connectivity index (χ2n) is 4.93. The van der Waals surface area contributed by atoms with Crippen molar-refractivity contribution >= 4 is 40.2 Å². The Morgan fingerprint density at radius 2 is 2.00 bits per heavy atom. The van der Waals surface area contributed by atoms with Gasteiger partial charge in [-0.15, -0.1) is 5.10 Å². The highest BCUT2D eigenvalue weighted by atomic mass is 35.5. The molecule has 0 radical (unpaired) electrons. The van der Waals surface area contributed by atoms with Gasteiger partial charge in [-0.1, -0.05) is 34.5 Å². The van der Waals surface area contributed by atoms with Gasteiger partial charge in [-0.2, -0.15) is 0 Å². The molecule has 23 heavy (non-hydrogen) atoms. The molecule has 0 saturated heterocycles. The number of rotatable bonds is 4. The summed E-state index contributed by atoms with van der Waals surface area (Å²) in [6.07, 6.45) is 0. The Morgan fingerprint density at radius 3 is 2.74 bits per heavy atom. The van der Waals surface area contributed by atoms with Crippen LogP contribution in [0.2, 0.25) is 10.0 Å². The van der Waals surface area contributed by atoms with Gasteiger partial charge in [0, 0.05) is 6.54 Å². The molecule has 0 N–H and O–H groups in total. The number of carbonyl (C=O) groups is 1. The van der Waals surface area contributed by atoms with E-state index in [1.807, 2.05) is 13.0 Å². The van der Waals surface area contributed by atoms with Gasteiger partial charge in [0.05, 0.1) is 21.1 Å². The van der Waals surface area contributed by atoms with Gasteiger partial charge >= 0.3 is 5.97 Å². The van der Waals surface area contributed by atoms with Crippen LogP contribution in [0.3, 0.4) is 0 Å². The number of fused-ring (bicyclic) bond motifs is 1. The van der Waals surface area contributed by atoms with Crippen LogP contribution in [0.1, 0.15) is 22.8 Å². The molecular weight excluding hydrogens is 337 g/mol. The third-order valence-electron chi connectivity index (χ3n) is 3.40. The predicted octanol–water partition coefficient (Wildman–Crippen LogP) is 4.12. The number of aryl methyl sites for hydroxylation is 1. The maximum Gasteiger partial charge on any atom is 0.338 e. The summed E-state index contributed by atoms with van der Waals surface area (Å²) in [6.45, 7) is 2.82. The second-order valence-corrected chi connectivity index (χ2v) is 5.75. The molecule has 0 bridgehead atoms.